The molecule has 0 amide bonds. The number of nitrogens with two attached hydrogens (primary N) is 1. The van der Waals surface area contributed by atoms with Crippen LogP contribution in [0.5, 0.6) is 0 Å². The van der Waals surface area contributed by atoms with E-state index in [1.807, 2.05) is 6.92 Å². The average molecular weight is 206 g/mol. The molecule has 4 nitrogen and oxygen atoms in total. The second kappa shape index (κ2) is 3.71. The number of aryl methyl sites for hydroxylation is 1. The van der Waals surface area contributed by atoms with Crippen LogP contribution in [0.4, 0.5) is 5.82 Å². The highest BCUT2D eigenvalue weighted by Gasteiger charge is 2.04. The summed E-state index contributed by atoms with van der Waals surface area (Å²) in [7, 11) is 0. The van der Waals surface area contributed by atoms with Crippen LogP contribution < -0.4 is 5.73 Å². The summed E-state index contributed by atoms with van der Waals surface area (Å²) in [5, 5.41) is 2.61. The fourth-order valence-electron chi connectivity index (χ4n) is 1.05. The van der Waals surface area contributed by atoms with E-state index in [1.54, 1.807) is 17.8 Å². The Morgan fingerprint density at radius 3 is 2.71 bits per heavy atom. The number of nitrogen functional groups attached to an aromatic ring is 1. The third-order valence-electron chi connectivity index (χ3n) is 1.81. The molecule has 0 saturated carbocycles. The van der Waals surface area contributed by atoms with Gasteiger partial charge in [-0.1, -0.05) is 6.92 Å². The van der Waals surface area contributed by atoms with Gasteiger partial charge in [0.25, 0.3) is 0 Å². The highest BCUT2D eigenvalue weighted by atomic mass is 32.1. The predicted molar refractivity (Wildman–Crippen MR) is 56.9 cm³/mol. The molecule has 0 atom stereocenters. The zero-order valence-electron chi connectivity index (χ0n) is 7.77. The van der Waals surface area contributed by atoms with Crippen molar-refractivity contribution in [1.29, 1.82) is 0 Å². The van der Waals surface area contributed by atoms with E-state index in [4.69, 9.17) is 5.73 Å². The van der Waals surface area contributed by atoms with Crippen molar-refractivity contribution in [1.82, 2.24) is 15.0 Å². The minimum absolute atomic E-state index is 0.534. The zero-order valence-corrected chi connectivity index (χ0v) is 8.58. The number of hydrogen-bond donors (Lipinski definition) is 1. The van der Waals surface area contributed by atoms with E-state index in [0.717, 1.165) is 22.8 Å². The Bertz CT molecular complexity index is 421. The molecule has 2 rings (SSSR count). The molecule has 0 aliphatic rings. The molecule has 2 aromatic rings. The van der Waals surface area contributed by atoms with Crippen LogP contribution in [-0.4, -0.2) is 15.0 Å². The van der Waals surface area contributed by atoms with Crippen LogP contribution in [0.25, 0.3) is 10.7 Å². The molecule has 0 aliphatic carbocycles. The quantitative estimate of drug-likeness (QED) is 0.813. The molecular formula is C9H10N4S. The lowest BCUT2D eigenvalue weighted by atomic mass is 10.3. The summed E-state index contributed by atoms with van der Waals surface area (Å²) in [5.41, 5.74) is 7.29. The molecule has 0 aromatic carbocycles. The third kappa shape index (κ3) is 1.72. The second-order valence-electron chi connectivity index (χ2n) is 2.82. The number of rotatable bonds is 2. The van der Waals surface area contributed by atoms with E-state index in [-0.39, 0.29) is 0 Å². The second-order valence-corrected chi connectivity index (χ2v) is 3.68. The molecule has 14 heavy (non-hydrogen) atoms. The molecule has 0 bridgehead atoms. The van der Waals surface area contributed by atoms with Gasteiger partial charge in [-0.2, -0.15) is 0 Å². The third-order valence-corrected chi connectivity index (χ3v) is 2.69. The Labute approximate surface area is 85.9 Å². The van der Waals surface area contributed by atoms with Gasteiger partial charge in [0.2, 0.25) is 0 Å². The van der Waals surface area contributed by atoms with E-state index < -0.39 is 0 Å². The van der Waals surface area contributed by atoms with Gasteiger partial charge in [-0.25, -0.2) is 4.98 Å². The fourth-order valence-corrected chi connectivity index (χ4v) is 1.72. The Balaban J connectivity index is 2.33. The SMILES string of the molecule is CCc1cnc(-c2nc(N)cs2)cn1. The Kier molecular flexibility index (Phi) is 2.41. The van der Waals surface area contributed by atoms with Crippen LogP contribution in [0.2, 0.25) is 0 Å². The minimum Gasteiger partial charge on any atom is -0.383 e. The molecule has 0 saturated heterocycles. The maximum atomic E-state index is 5.52. The Morgan fingerprint density at radius 2 is 2.21 bits per heavy atom. The lowest BCUT2D eigenvalue weighted by Gasteiger charge is -1.96. The maximum Gasteiger partial charge on any atom is 0.145 e. The fraction of sp³-hybridized carbons (Fsp3) is 0.222. The van der Waals surface area contributed by atoms with Crippen LogP contribution in [0.1, 0.15) is 12.6 Å². The monoisotopic (exact) mass is 206 g/mol. The van der Waals surface area contributed by atoms with Crippen LogP contribution in [0.15, 0.2) is 17.8 Å². The highest BCUT2D eigenvalue weighted by molar-refractivity contribution is 7.13. The van der Waals surface area contributed by atoms with E-state index >= 15 is 0 Å². The molecule has 2 heterocycles. The van der Waals surface area contributed by atoms with Crippen LogP contribution in [-0.2, 0) is 6.42 Å². The van der Waals surface area contributed by atoms with Gasteiger partial charge >= 0.3 is 0 Å². The summed E-state index contributed by atoms with van der Waals surface area (Å²) in [6.07, 6.45) is 4.40. The predicted octanol–water partition coefficient (Wildman–Crippen LogP) is 1.74. The smallest absolute Gasteiger partial charge is 0.145 e. The Hall–Kier alpha value is -1.49. The minimum atomic E-state index is 0.534. The van der Waals surface area contributed by atoms with Crippen molar-refractivity contribution in [2.24, 2.45) is 0 Å². The standard InChI is InChI=1S/C9H10N4S/c1-2-6-3-12-7(4-11-6)9-13-8(10)5-14-9/h3-5H,2,10H2,1H3. The summed E-state index contributed by atoms with van der Waals surface area (Å²) >= 11 is 1.48. The lowest BCUT2D eigenvalue weighted by molar-refractivity contribution is 1.00. The summed E-state index contributed by atoms with van der Waals surface area (Å²) in [4.78, 5) is 12.6. The van der Waals surface area contributed by atoms with Gasteiger partial charge in [-0.15, -0.1) is 11.3 Å². The first-order valence-electron chi connectivity index (χ1n) is 4.32. The average Bonchev–Trinajstić information content (AvgIpc) is 2.65. The maximum absolute atomic E-state index is 5.52. The van der Waals surface area contributed by atoms with E-state index in [9.17, 15) is 0 Å². The molecule has 2 N–H and O–H groups in total. The Morgan fingerprint density at radius 1 is 1.36 bits per heavy atom. The number of thiazole rings is 1. The van der Waals surface area contributed by atoms with E-state index in [2.05, 4.69) is 15.0 Å². The van der Waals surface area contributed by atoms with Gasteiger partial charge in [0.15, 0.2) is 0 Å². The molecule has 0 unspecified atom stereocenters. The van der Waals surface area contributed by atoms with Crippen molar-refractivity contribution in [3.63, 3.8) is 0 Å². The summed E-state index contributed by atoms with van der Waals surface area (Å²) < 4.78 is 0. The lowest BCUT2D eigenvalue weighted by Crippen LogP contribution is -1.91. The van der Waals surface area contributed by atoms with Crippen molar-refractivity contribution >= 4 is 17.2 Å². The first kappa shape index (κ1) is 9.08. The molecule has 0 aliphatic heterocycles. The van der Waals surface area contributed by atoms with Crippen molar-refractivity contribution in [3.8, 4) is 10.7 Å². The van der Waals surface area contributed by atoms with Crippen LogP contribution in [0, 0.1) is 0 Å². The summed E-state index contributed by atoms with van der Waals surface area (Å²) in [6.45, 7) is 2.05. The largest absolute Gasteiger partial charge is 0.383 e. The van der Waals surface area contributed by atoms with Gasteiger partial charge in [0.1, 0.15) is 16.5 Å². The van der Waals surface area contributed by atoms with Crippen molar-refractivity contribution in [2.75, 3.05) is 5.73 Å². The van der Waals surface area contributed by atoms with Crippen molar-refractivity contribution < 1.29 is 0 Å². The zero-order chi connectivity index (χ0) is 9.97. The number of aromatic nitrogens is 3. The normalized spacial score (nSPS) is 10.4. The molecule has 5 heteroatoms. The molecule has 0 radical (unpaired) electrons. The van der Waals surface area contributed by atoms with Gasteiger partial charge in [0, 0.05) is 11.6 Å². The van der Waals surface area contributed by atoms with Crippen LogP contribution >= 0.6 is 11.3 Å². The highest BCUT2D eigenvalue weighted by Crippen LogP contribution is 2.21. The van der Waals surface area contributed by atoms with E-state index in [1.165, 1.54) is 11.3 Å². The van der Waals surface area contributed by atoms with E-state index in [0.29, 0.717) is 5.82 Å². The summed E-state index contributed by atoms with van der Waals surface area (Å²) in [5.74, 6) is 0.534. The first-order chi connectivity index (χ1) is 6.79. The van der Waals surface area contributed by atoms with Crippen molar-refractivity contribution in [3.05, 3.63) is 23.5 Å². The van der Waals surface area contributed by atoms with Gasteiger partial charge in [-0.05, 0) is 6.42 Å². The summed E-state index contributed by atoms with van der Waals surface area (Å²) in [6, 6.07) is 0. The molecule has 0 fully saturated rings. The number of nitrogens with zero attached hydrogens (tertiary/aromatic N) is 3. The molecule has 0 spiro atoms. The van der Waals surface area contributed by atoms with Gasteiger partial charge in [0.05, 0.1) is 11.9 Å². The molecule has 2 aromatic heterocycles. The van der Waals surface area contributed by atoms with Gasteiger partial charge < -0.3 is 5.73 Å². The van der Waals surface area contributed by atoms with Gasteiger partial charge in [-0.3, -0.25) is 9.97 Å². The van der Waals surface area contributed by atoms with Crippen molar-refractivity contribution in [2.45, 2.75) is 13.3 Å². The first-order valence-corrected chi connectivity index (χ1v) is 5.20. The number of anilines is 1. The topological polar surface area (TPSA) is 64.7 Å². The molecule has 72 valence electrons. The molecular weight excluding hydrogens is 196 g/mol. The number of hydrogen-bond acceptors (Lipinski definition) is 5. The van der Waals surface area contributed by atoms with Crippen LogP contribution in [0.3, 0.4) is 0 Å².